The Bertz CT molecular complexity index is 699. The van der Waals surface area contributed by atoms with Gasteiger partial charge < -0.3 is 5.11 Å². The van der Waals surface area contributed by atoms with Crippen molar-refractivity contribution in [2.45, 2.75) is 25.9 Å². The SMILES string of the molecule is CC(C(=O)O)C(C)c1nnc2c(Cl)cc(C(F)(F)F)cn12. The molecule has 0 fully saturated rings. The third-order valence-electron chi connectivity index (χ3n) is 3.36. The first-order valence-corrected chi connectivity index (χ1v) is 6.35. The van der Waals surface area contributed by atoms with E-state index in [0.29, 0.717) is 0 Å². The van der Waals surface area contributed by atoms with Crippen molar-refractivity contribution in [2.75, 3.05) is 0 Å². The monoisotopic (exact) mass is 321 g/mol. The predicted octanol–water partition coefficient (Wildman–Crippen LogP) is 3.23. The molecule has 2 rings (SSSR count). The predicted molar refractivity (Wildman–Crippen MR) is 68.2 cm³/mol. The Balaban J connectivity index is 2.61. The molecule has 0 radical (unpaired) electrons. The zero-order chi connectivity index (χ0) is 15.9. The van der Waals surface area contributed by atoms with Gasteiger partial charge in [-0.05, 0) is 6.07 Å². The van der Waals surface area contributed by atoms with Gasteiger partial charge in [-0.3, -0.25) is 9.20 Å². The maximum atomic E-state index is 12.8. The lowest BCUT2D eigenvalue weighted by Gasteiger charge is -2.15. The van der Waals surface area contributed by atoms with E-state index >= 15 is 0 Å². The molecule has 0 saturated heterocycles. The second kappa shape index (κ2) is 5.18. The third-order valence-corrected chi connectivity index (χ3v) is 3.64. The number of rotatable bonds is 3. The molecule has 21 heavy (non-hydrogen) atoms. The molecule has 2 unspecified atom stereocenters. The first kappa shape index (κ1) is 15.6. The van der Waals surface area contributed by atoms with Crippen LogP contribution in [0.25, 0.3) is 5.65 Å². The molecule has 0 saturated carbocycles. The molecular formula is C12H11ClF3N3O2. The summed E-state index contributed by atoms with van der Waals surface area (Å²) in [5.74, 6) is -2.41. The molecule has 0 aliphatic rings. The van der Waals surface area contributed by atoms with Crippen LogP contribution in [0.1, 0.15) is 31.2 Å². The number of carboxylic acid groups (broad SMARTS) is 1. The van der Waals surface area contributed by atoms with Gasteiger partial charge in [-0.2, -0.15) is 13.2 Å². The van der Waals surface area contributed by atoms with Crippen molar-refractivity contribution in [3.05, 3.63) is 28.7 Å². The van der Waals surface area contributed by atoms with Crippen LogP contribution in [0.5, 0.6) is 0 Å². The standard InChI is InChI=1S/C12H11ClF3N3O2/c1-5(6(2)11(20)21)9-17-18-10-8(13)3-7(4-19(9)10)12(14,15)16/h3-6H,1-2H3,(H,20,21). The van der Waals surface area contributed by atoms with E-state index in [1.54, 1.807) is 6.92 Å². The fourth-order valence-corrected chi connectivity index (χ4v) is 2.12. The highest BCUT2D eigenvalue weighted by atomic mass is 35.5. The molecule has 0 bridgehead atoms. The normalized spacial score (nSPS) is 15.1. The van der Waals surface area contributed by atoms with E-state index in [1.807, 2.05) is 0 Å². The van der Waals surface area contributed by atoms with Gasteiger partial charge in [-0.25, -0.2) is 0 Å². The lowest BCUT2D eigenvalue weighted by Crippen LogP contribution is -2.19. The molecule has 2 heterocycles. The highest BCUT2D eigenvalue weighted by Gasteiger charge is 2.33. The molecule has 0 aromatic carbocycles. The Morgan fingerprint density at radius 2 is 2.00 bits per heavy atom. The van der Waals surface area contributed by atoms with E-state index in [-0.39, 0.29) is 16.5 Å². The smallest absolute Gasteiger partial charge is 0.417 e. The molecule has 0 aliphatic carbocycles. The number of nitrogens with zero attached hydrogens (tertiary/aromatic N) is 3. The summed E-state index contributed by atoms with van der Waals surface area (Å²) in [6, 6.07) is 0.765. The van der Waals surface area contributed by atoms with Gasteiger partial charge in [0.15, 0.2) is 5.65 Å². The van der Waals surface area contributed by atoms with Crippen molar-refractivity contribution in [3.63, 3.8) is 0 Å². The molecule has 2 aromatic rings. The van der Waals surface area contributed by atoms with Gasteiger partial charge in [0.05, 0.1) is 16.5 Å². The minimum absolute atomic E-state index is 0.0594. The zero-order valence-corrected chi connectivity index (χ0v) is 11.8. The number of hydrogen-bond acceptors (Lipinski definition) is 3. The number of aliphatic carboxylic acids is 1. The Hall–Kier alpha value is -1.83. The molecule has 2 atom stereocenters. The van der Waals surface area contributed by atoms with Gasteiger partial charge in [0.25, 0.3) is 0 Å². The number of fused-ring (bicyclic) bond motifs is 1. The van der Waals surface area contributed by atoms with Crippen LogP contribution in [0.15, 0.2) is 12.3 Å². The molecule has 0 aliphatic heterocycles. The number of halogens is 4. The summed E-state index contributed by atoms with van der Waals surface area (Å²) in [6.07, 6.45) is -3.75. The van der Waals surface area contributed by atoms with E-state index in [0.717, 1.165) is 16.7 Å². The highest BCUT2D eigenvalue weighted by Crippen LogP contribution is 2.33. The maximum Gasteiger partial charge on any atom is 0.417 e. The second-order valence-electron chi connectivity index (χ2n) is 4.74. The van der Waals surface area contributed by atoms with Crippen molar-refractivity contribution in [1.29, 1.82) is 0 Å². The summed E-state index contributed by atoms with van der Waals surface area (Å²) in [7, 11) is 0. The molecule has 5 nitrogen and oxygen atoms in total. The van der Waals surface area contributed by atoms with E-state index in [4.69, 9.17) is 16.7 Å². The summed E-state index contributed by atoms with van der Waals surface area (Å²) < 4.78 is 39.5. The van der Waals surface area contributed by atoms with Crippen molar-refractivity contribution in [1.82, 2.24) is 14.6 Å². The third kappa shape index (κ3) is 2.80. The van der Waals surface area contributed by atoms with E-state index < -0.39 is 29.5 Å². The van der Waals surface area contributed by atoms with Crippen LogP contribution in [0.4, 0.5) is 13.2 Å². The number of alkyl halides is 3. The number of aromatic nitrogens is 3. The molecule has 1 N–H and O–H groups in total. The molecule has 2 aromatic heterocycles. The van der Waals surface area contributed by atoms with Crippen molar-refractivity contribution in [2.24, 2.45) is 5.92 Å². The van der Waals surface area contributed by atoms with Gasteiger partial charge in [-0.1, -0.05) is 25.4 Å². The Morgan fingerprint density at radius 1 is 1.38 bits per heavy atom. The molecular weight excluding hydrogens is 311 g/mol. The minimum atomic E-state index is -4.57. The summed E-state index contributed by atoms with van der Waals surface area (Å²) >= 11 is 5.79. The number of carboxylic acids is 1. The highest BCUT2D eigenvalue weighted by molar-refractivity contribution is 6.33. The van der Waals surface area contributed by atoms with Gasteiger partial charge in [0.2, 0.25) is 0 Å². The molecule has 0 amide bonds. The number of hydrogen-bond donors (Lipinski definition) is 1. The van der Waals surface area contributed by atoms with E-state index in [1.165, 1.54) is 6.92 Å². The first-order valence-electron chi connectivity index (χ1n) is 5.97. The second-order valence-corrected chi connectivity index (χ2v) is 5.15. The van der Waals surface area contributed by atoms with E-state index in [2.05, 4.69) is 10.2 Å². The fourth-order valence-electron chi connectivity index (χ4n) is 1.87. The largest absolute Gasteiger partial charge is 0.481 e. The van der Waals surface area contributed by atoms with Gasteiger partial charge in [0, 0.05) is 12.1 Å². The van der Waals surface area contributed by atoms with Crippen LogP contribution >= 0.6 is 11.6 Å². The van der Waals surface area contributed by atoms with Gasteiger partial charge >= 0.3 is 12.1 Å². The van der Waals surface area contributed by atoms with Crippen molar-refractivity contribution < 1.29 is 23.1 Å². The average molecular weight is 322 g/mol. The van der Waals surface area contributed by atoms with Crippen molar-refractivity contribution in [3.8, 4) is 0 Å². The average Bonchev–Trinajstić information content (AvgIpc) is 2.80. The lowest BCUT2D eigenvalue weighted by molar-refractivity contribution is -0.142. The number of pyridine rings is 1. The number of carbonyl (C=O) groups is 1. The Labute approximate surface area is 122 Å². The van der Waals surface area contributed by atoms with Gasteiger partial charge in [-0.15, -0.1) is 10.2 Å². The van der Waals surface area contributed by atoms with Crippen LogP contribution in [0, 0.1) is 5.92 Å². The van der Waals surface area contributed by atoms with Crippen LogP contribution in [0.3, 0.4) is 0 Å². The maximum absolute atomic E-state index is 12.8. The molecule has 0 spiro atoms. The van der Waals surface area contributed by atoms with Crippen LogP contribution in [-0.4, -0.2) is 25.7 Å². The molecule has 114 valence electrons. The lowest BCUT2D eigenvalue weighted by atomic mass is 9.95. The summed E-state index contributed by atoms with van der Waals surface area (Å²) in [5.41, 5.74) is -0.889. The summed E-state index contributed by atoms with van der Waals surface area (Å²) in [5, 5.41) is 16.3. The molecule has 9 heteroatoms. The van der Waals surface area contributed by atoms with Crippen LogP contribution in [-0.2, 0) is 11.0 Å². The van der Waals surface area contributed by atoms with Gasteiger partial charge in [0.1, 0.15) is 5.82 Å². The minimum Gasteiger partial charge on any atom is -0.481 e. The fraction of sp³-hybridized carbons (Fsp3) is 0.417. The topological polar surface area (TPSA) is 67.5 Å². The first-order chi connectivity index (χ1) is 9.62. The summed E-state index contributed by atoms with van der Waals surface area (Å²) in [4.78, 5) is 11.0. The quantitative estimate of drug-likeness (QED) is 0.942. The van der Waals surface area contributed by atoms with Crippen molar-refractivity contribution >= 4 is 23.2 Å². The van der Waals surface area contributed by atoms with Crippen LogP contribution < -0.4 is 0 Å². The zero-order valence-electron chi connectivity index (χ0n) is 11.0. The Kier molecular flexibility index (Phi) is 3.83. The van der Waals surface area contributed by atoms with E-state index in [9.17, 15) is 18.0 Å². The Morgan fingerprint density at radius 3 is 2.52 bits per heavy atom. The van der Waals surface area contributed by atoms with Crippen LogP contribution in [0.2, 0.25) is 5.02 Å². The summed E-state index contributed by atoms with van der Waals surface area (Å²) in [6.45, 7) is 3.01.